The topological polar surface area (TPSA) is 88.9 Å². The number of nitrogens with one attached hydrogen (secondary N) is 1. The van der Waals surface area contributed by atoms with Gasteiger partial charge in [-0.05, 0) is 65.3 Å². The Labute approximate surface area is 217 Å². The van der Waals surface area contributed by atoms with Crippen LogP contribution in [0.25, 0.3) is 10.9 Å². The fourth-order valence-electron chi connectivity index (χ4n) is 5.56. The molecule has 194 valence electrons. The number of fused-ring (bicyclic) bond motifs is 1. The van der Waals surface area contributed by atoms with E-state index < -0.39 is 0 Å². The van der Waals surface area contributed by atoms with E-state index in [1.807, 2.05) is 30.3 Å². The van der Waals surface area contributed by atoms with Gasteiger partial charge >= 0.3 is 0 Å². The Morgan fingerprint density at radius 3 is 2.68 bits per heavy atom. The lowest BCUT2D eigenvalue weighted by molar-refractivity contribution is 0.165. The third kappa shape index (κ3) is 5.74. The summed E-state index contributed by atoms with van der Waals surface area (Å²) in [7, 11) is 1.63. The lowest BCUT2D eigenvalue weighted by Gasteiger charge is -2.32. The Bertz CT molecular complexity index is 1360. The van der Waals surface area contributed by atoms with Gasteiger partial charge in [0, 0.05) is 24.7 Å². The molecule has 5 rings (SSSR count). The predicted molar refractivity (Wildman–Crippen MR) is 145 cm³/mol. The highest BCUT2D eigenvalue weighted by Crippen LogP contribution is 2.32. The van der Waals surface area contributed by atoms with Gasteiger partial charge in [-0.1, -0.05) is 56.5 Å². The second kappa shape index (κ2) is 11.7. The van der Waals surface area contributed by atoms with E-state index >= 15 is 0 Å². The molecule has 1 aliphatic carbocycles. The van der Waals surface area contributed by atoms with Crippen LogP contribution >= 0.6 is 0 Å². The minimum Gasteiger partial charge on any atom is -0.497 e. The minimum atomic E-state index is -0.0767. The van der Waals surface area contributed by atoms with Gasteiger partial charge < -0.3 is 9.72 Å². The Kier molecular flexibility index (Phi) is 7.94. The zero-order valence-corrected chi connectivity index (χ0v) is 21.8. The molecular weight excluding hydrogens is 464 g/mol. The van der Waals surface area contributed by atoms with Crippen molar-refractivity contribution in [3.8, 4) is 5.75 Å². The smallest absolute Gasteiger partial charge is 0.252 e. The Morgan fingerprint density at radius 1 is 1.11 bits per heavy atom. The van der Waals surface area contributed by atoms with Crippen molar-refractivity contribution in [1.29, 1.82) is 0 Å². The van der Waals surface area contributed by atoms with Crippen molar-refractivity contribution in [1.82, 2.24) is 30.1 Å². The van der Waals surface area contributed by atoms with Crippen molar-refractivity contribution >= 4 is 10.9 Å². The molecule has 0 aliphatic heterocycles. The lowest BCUT2D eigenvalue weighted by Crippen LogP contribution is -2.34. The standard InChI is InChI=1S/C29H36N6O2/c1-3-27(28-31-32-33-35(28)24-12-8-5-9-13-24)34(17-16-21-10-6-4-7-11-21)20-23-18-22-14-15-25(37-2)19-26(22)30-29(23)36/h4,6-7,10-11,14-15,18-19,24,27H,3,5,8-9,12-13,16-17,20H2,1-2H3,(H,30,36)/t27-/m1/s1. The summed E-state index contributed by atoms with van der Waals surface area (Å²) in [4.78, 5) is 18.6. The maximum absolute atomic E-state index is 13.2. The summed E-state index contributed by atoms with van der Waals surface area (Å²) in [5, 5.41) is 14.1. The first-order chi connectivity index (χ1) is 18.2. The van der Waals surface area contributed by atoms with E-state index in [2.05, 4.69) is 61.3 Å². The van der Waals surface area contributed by atoms with Crippen LogP contribution in [0.15, 0.2) is 59.4 Å². The molecule has 1 fully saturated rings. The van der Waals surface area contributed by atoms with E-state index in [9.17, 15) is 4.79 Å². The van der Waals surface area contributed by atoms with Crippen molar-refractivity contribution in [2.75, 3.05) is 13.7 Å². The van der Waals surface area contributed by atoms with Crippen LogP contribution in [0.5, 0.6) is 5.75 Å². The maximum Gasteiger partial charge on any atom is 0.252 e. The summed E-state index contributed by atoms with van der Waals surface area (Å²) >= 11 is 0. The predicted octanol–water partition coefficient (Wildman–Crippen LogP) is 5.22. The number of nitrogens with zero attached hydrogens (tertiary/aromatic N) is 5. The normalized spacial score (nSPS) is 15.3. The van der Waals surface area contributed by atoms with E-state index in [0.717, 1.165) is 60.3 Å². The number of tetrazole rings is 1. The molecule has 0 saturated heterocycles. The van der Waals surface area contributed by atoms with Gasteiger partial charge in [-0.25, -0.2) is 4.68 Å². The van der Waals surface area contributed by atoms with Crippen LogP contribution in [-0.4, -0.2) is 43.7 Å². The molecule has 1 aliphatic rings. The first-order valence-corrected chi connectivity index (χ1v) is 13.4. The molecule has 1 atom stereocenters. The van der Waals surface area contributed by atoms with Crippen molar-refractivity contribution in [2.24, 2.45) is 0 Å². The summed E-state index contributed by atoms with van der Waals surface area (Å²) in [6.07, 6.45) is 7.69. The number of hydrogen-bond acceptors (Lipinski definition) is 6. The number of benzene rings is 2. The molecule has 0 bridgehead atoms. The fourth-order valence-corrected chi connectivity index (χ4v) is 5.56. The van der Waals surface area contributed by atoms with Gasteiger partial charge in [0.05, 0.1) is 24.7 Å². The van der Waals surface area contributed by atoms with Gasteiger partial charge in [-0.2, -0.15) is 0 Å². The molecule has 37 heavy (non-hydrogen) atoms. The van der Waals surface area contributed by atoms with Gasteiger partial charge in [-0.15, -0.1) is 5.10 Å². The van der Waals surface area contributed by atoms with Gasteiger partial charge in [0.1, 0.15) is 5.75 Å². The SMILES string of the molecule is CC[C@H](c1nnnn1C1CCCCC1)N(CCc1ccccc1)Cc1cc2ccc(OC)cc2[nH]c1=O. The summed E-state index contributed by atoms with van der Waals surface area (Å²) < 4.78 is 7.40. The van der Waals surface area contributed by atoms with Gasteiger partial charge in [0.2, 0.25) is 0 Å². The van der Waals surface area contributed by atoms with Gasteiger partial charge in [-0.3, -0.25) is 9.69 Å². The summed E-state index contributed by atoms with van der Waals surface area (Å²) in [5.41, 5.74) is 2.71. The molecule has 4 aromatic rings. The van der Waals surface area contributed by atoms with E-state index in [1.165, 1.54) is 24.8 Å². The monoisotopic (exact) mass is 500 g/mol. The lowest BCUT2D eigenvalue weighted by atomic mass is 9.95. The molecule has 1 N–H and O–H groups in total. The summed E-state index contributed by atoms with van der Waals surface area (Å²) in [6, 6.07) is 18.6. The van der Waals surface area contributed by atoms with Crippen LogP contribution in [0.4, 0.5) is 0 Å². The van der Waals surface area contributed by atoms with Crippen LogP contribution in [0.2, 0.25) is 0 Å². The highest BCUT2D eigenvalue weighted by molar-refractivity contribution is 5.80. The molecule has 2 aromatic heterocycles. The zero-order valence-electron chi connectivity index (χ0n) is 21.8. The van der Waals surface area contributed by atoms with E-state index in [4.69, 9.17) is 4.74 Å². The van der Waals surface area contributed by atoms with E-state index in [0.29, 0.717) is 12.6 Å². The first kappa shape index (κ1) is 25.1. The molecule has 0 amide bonds. The number of methoxy groups -OCH3 is 1. The number of aromatic nitrogens is 5. The quantitative estimate of drug-likeness (QED) is 0.321. The molecule has 0 spiro atoms. The maximum atomic E-state index is 13.2. The van der Waals surface area contributed by atoms with Crippen molar-refractivity contribution in [3.63, 3.8) is 0 Å². The molecule has 0 radical (unpaired) electrons. The number of rotatable bonds is 10. The Hall–Kier alpha value is -3.52. The van der Waals surface area contributed by atoms with Crippen LogP contribution in [0.3, 0.4) is 0 Å². The second-order valence-electron chi connectivity index (χ2n) is 9.98. The van der Waals surface area contributed by atoms with Crippen LogP contribution < -0.4 is 10.3 Å². The first-order valence-electron chi connectivity index (χ1n) is 13.4. The number of aromatic amines is 1. The van der Waals surface area contributed by atoms with Gasteiger partial charge in [0.15, 0.2) is 5.82 Å². The summed E-state index contributed by atoms with van der Waals surface area (Å²) in [5.74, 6) is 1.63. The van der Waals surface area contributed by atoms with Gasteiger partial charge in [0.25, 0.3) is 5.56 Å². The largest absolute Gasteiger partial charge is 0.497 e. The molecule has 0 unspecified atom stereocenters. The van der Waals surface area contributed by atoms with E-state index in [1.54, 1.807) is 7.11 Å². The zero-order chi connectivity index (χ0) is 25.6. The Balaban J connectivity index is 1.47. The van der Waals surface area contributed by atoms with Crippen molar-refractivity contribution in [2.45, 2.75) is 70.5 Å². The fraction of sp³-hybridized carbons (Fsp3) is 0.448. The molecule has 8 heteroatoms. The molecule has 2 aromatic carbocycles. The van der Waals surface area contributed by atoms with E-state index in [-0.39, 0.29) is 11.6 Å². The molecular formula is C29H36N6O2. The number of H-pyrrole nitrogens is 1. The van der Waals surface area contributed by atoms with Crippen LogP contribution in [-0.2, 0) is 13.0 Å². The highest BCUT2D eigenvalue weighted by Gasteiger charge is 2.29. The average molecular weight is 501 g/mol. The Morgan fingerprint density at radius 2 is 1.92 bits per heavy atom. The third-order valence-corrected chi connectivity index (χ3v) is 7.60. The number of hydrogen-bond donors (Lipinski definition) is 1. The summed E-state index contributed by atoms with van der Waals surface area (Å²) in [6.45, 7) is 3.48. The van der Waals surface area contributed by atoms with Crippen molar-refractivity contribution < 1.29 is 4.74 Å². The second-order valence-corrected chi connectivity index (χ2v) is 9.98. The van der Waals surface area contributed by atoms with Crippen molar-refractivity contribution in [3.05, 3.63) is 81.9 Å². The highest BCUT2D eigenvalue weighted by atomic mass is 16.5. The minimum absolute atomic E-state index is 0.00611. The third-order valence-electron chi connectivity index (χ3n) is 7.60. The number of ether oxygens (including phenoxy) is 1. The van der Waals surface area contributed by atoms with Crippen LogP contribution in [0.1, 0.15) is 74.5 Å². The molecule has 1 saturated carbocycles. The average Bonchev–Trinajstić information content (AvgIpc) is 3.42. The molecule has 2 heterocycles. The van der Waals surface area contributed by atoms with Crippen LogP contribution in [0, 0.1) is 0 Å². The number of pyridine rings is 1. The molecule has 8 nitrogen and oxygen atoms in total.